The van der Waals surface area contributed by atoms with E-state index in [9.17, 15) is 5.11 Å². The Morgan fingerprint density at radius 3 is 2.88 bits per heavy atom. The highest BCUT2D eigenvalue weighted by Crippen LogP contribution is 2.57. The molecule has 17 heavy (non-hydrogen) atoms. The Bertz CT molecular complexity index is 338. The smallest absolute Gasteiger partial charge is 0.177 e. The van der Waals surface area contributed by atoms with Crippen LogP contribution in [-0.2, 0) is 4.74 Å². The van der Waals surface area contributed by atoms with Crippen molar-refractivity contribution in [3.8, 4) is 0 Å². The first-order chi connectivity index (χ1) is 8.03. The summed E-state index contributed by atoms with van der Waals surface area (Å²) >= 11 is 0. The molecule has 2 heteroatoms. The van der Waals surface area contributed by atoms with Crippen LogP contribution in [0.4, 0.5) is 0 Å². The van der Waals surface area contributed by atoms with Gasteiger partial charge in [0.2, 0.25) is 0 Å². The molecule has 1 N–H and O–H groups in total. The number of fused-ring (bicyclic) bond motifs is 3. The van der Waals surface area contributed by atoms with E-state index < -0.39 is 6.29 Å². The van der Waals surface area contributed by atoms with Gasteiger partial charge in [-0.3, -0.25) is 0 Å². The number of ether oxygens (including phenoxy) is 1. The average molecular weight is 236 g/mol. The lowest BCUT2D eigenvalue weighted by molar-refractivity contribution is -0.151. The largest absolute Gasteiger partial charge is 0.364 e. The lowest BCUT2D eigenvalue weighted by Crippen LogP contribution is -2.49. The maximum absolute atomic E-state index is 9.87. The summed E-state index contributed by atoms with van der Waals surface area (Å²) in [6.45, 7) is 8.82. The summed E-state index contributed by atoms with van der Waals surface area (Å²) in [5, 5.41) is 9.87. The summed E-state index contributed by atoms with van der Waals surface area (Å²) in [5.74, 6) is 1.74. The molecule has 1 aliphatic heterocycles. The molecule has 0 aromatic carbocycles. The summed E-state index contributed by atoms with van der Waals surface area (Å²) in [5.41, 5.74) is 1.36. The molecule has 4 unspecified atom stereocenters. The van der Waals surface area contributed by atoms with Crippen LogP contribution in [0.1, 0.15) is 46.0 Å². The number of aliphatic hydroxyl groups is 1. The van der Waals surface area contributed by atoms with Crippen LogP contribution in [-0.4, -0.2) is 17.5 Å². The van der Waals surface area contributed by atoms with E-state index in [1.54, 1.807) is 0 Å². The third-order valence-electron chi connectivity index (χ3n) is 5.68. The van der Waals surface area contributed by atoms with Crippen molar-refractivity contribution in [2.45, 2.75) is 58.3 Å². The Morgan fingerprint density at radius 2 is 2.12 bits per heavy atom. The van der Waals surface area contributed by atoms with Crippen molar-refractivity contribution in [2.24, 2.45) is 23.2 Å². The number of hydrogen-bond acceptors (Lipinski definition) is 2. The van der Waals surface area contributed by atoms with Crippen molar-refractivity contribution in [1.82, 2.24) is 0 Å². The Kier molecular flexibility index (Phi) is 2.64. The molecule has 2 nitrogen and oxygen atoms in total. The molecule has 0 aromatic rings. The van der Waals surface area contributed by atoms with Gasteiger partial charge in [-0.05, 0) is 42.1 Å². The van der Waals surface area contributed by atoms with Crippen LogP contribution in [0.5, 0.6) is 0 Å². The van der Waals surface area contributed by atoms with E-state index in [1.807, 2.05) is 0 Å². The fourth-order valence-corrected chi connectivity index (χ4v) is 4.77. The Balaban J connectivity index is 1.92. The van der Waals surface area contributed by atoms with E-state index in [-0.39, 0.29) is 6.10 Å². The number of rotatable bonds is 0. The molecule has 2 saturated carbocycles. The Morgan fingerprint density at radius 1 is 1.35 bits per heavy atom. The molecule has 1 saturated heterocycles. The van der Waals surface area contributed by atoms with Crippen molar-refractivity contribution < 1.29 is 9.84 Å². The summed E-state index contributed by atoms with van der Waals surface area (Å²) in [4.78, 5) is 0. The normalized spacial score (nSPS) is 54.3. The monoisotopic (exact) mass is 236 g/mol. The van der Waals surface area contributed by atoms with Gasteiger partial charge in [0.1, 0.15) is 0 Å². The SMILES string of the molecule is C=C1C2CC[C@@]3(C)CCCC(C)C3C2O[C@@H]1O. The van der Waals surface area contributed by atoms with Gasteiger partial charge in [-0.1, -0.05) is 33.3 Å². The summed E-state index contributed by atoms with van der Waals surface area (Å²) in [7, 11) is 0. The summed E-state index contributed by atoms with van der Waals surface area (Å²) in [6.07, 6.45) is 5.95. The van der Waals surface area contributed by atoms with Crippen LogP contribution in [0.2, 0.25) is 0 Å². The first-order valence-corrected chi connectivity index (χ1v) is 7.05. The van der Waals surface area contributed by atoms with Crippen LogP contribution in [0.3, 0.4) is 0 Å². The van der Waals surface area contributed by atoms with E-state index in [1.165, 1.54) is 25.7 Å². The van der Waals surface area contributed by atoms with Gasteiger partial charge >= 0.3 is 0 Å². The zero-order valence-corrected chi connectivity index (χ0v) is 11.0. The Hall–Kier alpha value is -0.340. The first kappa shape index (κ1) is 11.7. The molecular weight excluding hydrogens is 212 g/mol. The van der Waals surface area contributed by atoms with Crippen molar-refractivity contribution >= 4 is 0 Å². The third kappa shape index (κ3) is 1.61. The van der Waals surface area contributed by atoms with Gasteiger partial charge in [-0.2, -0.15) is 0 Å². The fourth-order valence-electron chi connectivity index (χ4n) is 4.77. The molecule has 3 fully saturated rings. The second-order valence-electron chi connectivity index (χ2n) is 6.72. The molecule has 1 heterocycles. The maximum Gasteiger partial charge on any atom is 0.177 e. The molecule has 2 aliphatic carbocycles. The predicted molar refractivity (Wildman–Crippen MR) is 67.4 cm³/mol. The minimum Gasteiger partial charge on any atom is -0.364 e. The van der Waals surface area contributed by atoms with Gasteiger partial charge in [-0.25, -0.2) is 0 Å². The third-order valence-corrected chi connectivity index (χ3v) is 5.68. The van der Waals surface area contributed by atoms with Crippen LogP contribution in [0.15, 0.2) is 12.2 Å². The quantitative estimate of drug-likeness (QED) is 0.655. The molecule has 3 rings (SSSR count). The highest BCUT2D eigenvalue weighted by Gasteiger charge is 2.54. The molecule has 0 aromatic heterocycles. The molecular formula is C15H24O2. The van der Waals surface area contributed by atoms with Crippen molar-refractivity contribution in [3.63, 3.8) is 0 Å². The van der Waals surface area contributed by atoms with Crippen molar-refractivity contribution in [2.75, 3.05) is 0 Å². The maximum atomic E-state index is 9.87. The van der Waals surface area contributed by atoms with Gasteiger partial charge in [0.15, 0.2) is 6.29 Å². The predicted octanol–water partition coefficient (Wildman–Crippen LogP) is 3.11. The highest BCUT2D eigenvalue weighted by molar-refractivity contribution is 5.17. The van der Waals surface area contributed by atoms with Crippen molar-refractivity contribution in [1.29, 1.82) is 0 Å². The van der Waals surface area contributed by atoms with E-state index >= 15 is 0 Å². The lowest BCUT2D eigenvalue weighted by Gasteiger charge is -2.52. The minimum absolute atomic E-state index is 0.228. The highest BCUT2D eigenvalue weighted by atomic mass is 16.6. The van der Waals surface area contributed by atoms with Crippen molar-refractivity contribution in [3.05, 3.63) is 12.2 Å². The van der Waals surface area contributed by atoms with Gasteiger partial charge in [0.25, 0.3) is 0 Å². The minimum atomic E-state index is -0.707. The van der Waals surface area contributed by atoms with Crippen LogP contribution in [0.25, 0.3) is 0 Å². The van der Waals surface area contributed by atoms with E-state index in [2.05, 4.69) is 20.4 Å². The topological polar surface area (TPSA) is 29.5 Å². The zero-order chi connectivity index (χ0) is 12.2. The number of hydrogen-bond donors (Lipinski definition) is 1. The molecule has 0 radical (unpaired) electrons. The molecule has 0 bridgehead atoms. The molecule has 0 spiro atoms. The second kappa shape index (κ2) is 3.83. The number of aliphatic hydroxyl groups excluding tert-OH is 1. The zero-order valence-electron chi connectivity index (χ0n) is 11.0. The molecule has 3 aliphatic rings. The average Bonchev–Trinajstić information content (AvgIpc) is 2.54. The van der Waals surface area contributed by atoms with Crippen LogP contribution >= 0.6 is 0 Å². The fraction of sp³-hybridized carbons (Fsp3) is 0.867. The molecule has 96 valence electrons. The second-order valence-corrected chi connectivity index (χ2v) is 6.72. The van der Waals surface area contributed by atoms with E-state index in [4.69, 9.17) is 4.74 Å². The Labute approximate surface area is 104 Å². The first-order valence-electron chi connectivity index (χ1n) is 7.05. The van der Waals surface area contributed by atoms with E-state index in [0.29, 0.717) is 17.3 Å². The summed E-state index contributed by atoms with van der Waals surface area (Å²) < 4.78 is 5.84. The van der Waals surface area contributed by atoms with E-state index in [0.717, 1.165) is 17.9 Å². The lowest BCUT2D eigenvalue weighted by atomic mass is 9.54. The standard InChI is InChI=1S/C15H24O2/c1-9-5-4-7-15(3)8-6-11-10(2)14(16)17-13(11)12(9)15/h9,11-14,16H,2,4-8H2,1,3H3/t9?,11?,12?,13?,14-,15+/m0/s1. The molecule has 6 atom stereocenters. The van der Waals surface area contributed by atoms with Crippen LogP contribution in [0, 0.1) is 23.2 Å². The van der Waals surface area contributed by atoms with Gasteiger partial charge in [0, 0.05) is 5.92 Å². The van der Waals surface area contributed by atoms with Gasteiger partial charge < -0.3 is 9.84 Å². The summed E-state index contributed by atoms with van der Waals surface area (Å²) in [6, 6.07) is 0. The van der Waals surface area contributed by atoms with Gasteiger partial charge in [0.05, 0.1) is 6.10 Å². The van der Waals surface area contributed by atoms with Gasteiger partial charge in [-0.15, -0.1) is 0 Å². The molecule has 0 amide bonds. The van der Waals surface area contributed by atoms with Crippen LogP contribution < -0.4 is 0 Å².